The van der Waals surface area contributed by atoms with E-state index in [2.05, 4.69) is 10.0 Å². The third kappa shape index (κ3) is 3.76. The number of nitrogens with one attached hydrogen (secondary N) is 2. The standard InChI is InChI=1S/C11H17FN2O2S/c1-3-6-14-8-9-4-5-10(12)7-11(9)17(15,16)13-2/h4-5,7,13-14H,3,6,8H2,1-2H3. The van der Waals surface area contributed by atoms with E-state index in [0.717, 1.165) is 19.0 Å². The maximum Gasteiger partial charge on any atom is 0.240 e. The largest absolute Gasteiger partial charge is 0.313 e. The van der Waals surface area contributed by atoms with Crippen molar-refractivity contribution in [2.24, 2.45) is 0 Å². The average Bonchev–Trinajstić information content (AvgIpc) is 2.31. The Morgan fingerprint density at radius 3 is 2.65 bits per heavy atom. The van der Waals surface area contributed by atoms with Crippen LogP contribution in [0.25, 0.3) is 0 Å². The minimum Gasteiger partial charge on any atom is -0.313 e. The van der Waals surface area contributed by atoms with E-state index >= 15 is 0 Å². The number of hydrogen-bond donors (Lipinski definition) is 2. The van der Waals surface area contributed by atoms with E-state index in [1.165, 1.54) is 19.2 Å². The van der Waals surface area contributed by atoms with Crippen molar-refractivity contribution in [3.63, 3.8) is 0 Å². The van der Waals surface area contributed by atoms with Crippen molar-refractivity contribution in [1.29, 1.82) is 0 Å². The highest BCUT2D eigenvalue weighted by Crippen LogP contribution is 2.16. The summed E-state index contributed by atoms with van der Waals surface area (Å²) in [5.74, 6) is -0.557. The molecule has 0 aliphatic rings. The van der Waals surface area contributed by atoms with Crippen LogP contribution in [0.4, 0.5) is 4.39 Å². The molecule has 0 radical (unpaired) electrons. The van der Waals surface area contributed by atoms with Crippen molar-refractivity contribution in [2.75, 3.05) is 13.6 Å². The molecule has 0 aliphatic heterocycles. The zero-order chi connectivity index (χ0) is 12.9. The van der Waals surface area contributed by atoms with Gasteiger partial charge in [0.25, 0.3) is 0 Å². The first-order valence-corrected chi connectivity index (χ1v) is 6.92. The molecule has 0 amide bonds. The van der Waals surface area contributed by atoms with Gasteiger partial charge in [0.15, 0.2) is 0 Å². The first-order chi connectivity index (χ1) is 8.01. The summed E-state index contributed by atoms with van der Waals surface area (Å²) in [6.07, 6.45) is 0.954. The Morgan fingerprint density at radius 2 is 2.06 bits per heavy atom. The van der Waals surface area contributed by atoms with Gasteiger partial charge in [-0.2, -0.15) is 0 Å². The molecule has 6 heteroatoms. The molecule has 0 atom stereocenters. The van der Waals surface area contributed by atoms with Crippen LogP contribution in [0.1, 0.15) is 18.9 Å². The van der Waals surface area contributed by atoms with Crippen molar-refractivity contribution in [2.45, 2.75) is 24.8 Å². The summed E-state index contributed by atoms with van der Waals surface area (Å²) >= 11 is 0. The summed E-state index contributed by atoms with van der Waals surface area (Å²) in [5.41, 5.74) is 0.564. The molecule has 0 saturated carbocycles. The summed E-state index contributed by atoms with van der Waals surface area (Å²) in [4.78, 5) is -0.0106. The second-order valence-corrected chi connectivity index (χ2v) is 5.49. The predicted octanol–water partition coefficient (Wildman–Crippen LogP) is 1.23. The Bertz CT molecular complexity index is 474. The number of hydrogen-bond acceptors (Lipinski definition) is 3. The van der Waals surface area contributed by atoms with Crippen LogP contribution in [-0.4, -0.2) is 22.0 Å². The highest BCUT2D eigenvalue weighted by Gasteiger charge is 2.17. The highest BCUT2D eigenvalue weighted by molar-refractivity contribution is 7.89. The van der Waals surface area contributed by atoms with Gasteiger partial charge in [0.2, 0.25) is 10.0 Å². The molecule has 0 saturated heterocycles. The lowest BCUT2D eigenvalue weighted by Crippen LogP contribution is -2.23. The van der Waals surface area contributed by atoms with Gasteiger partial charge in [-0.1, -0.05) is 13.0 Å². The van der Waals surface area contributed by atoms with E-state index in [0.29, 0.717) is 12.1 Å². The van der Waals surface area contributed by atoms with Crippen LogP contribution in [0.5, 0.6) is 0 Å². The van der Waals surface area contributed by atoms with Crippen molar-refractivity contribution in [3.05, 3.63) is 29.6 Å². The molecule has 0 heterocycles. The predicted molar refractivity (Wildman–Crippen MR) is 64.6 cm³/mol. The van der Waals surface area contributed by atoms with Gasteiger partial charge in [-0.05, 0) is 37.7 Å². The van der Waals surface area contributed by atoms with Gasteiger partial charge in [0.05, 0.1) is 4.90 Å². The molecule has 0 bridgehead atoms. The Labute approximate surface area is 101 Å². The third-order valence-corrected chi connectivity index (χ3v) is 3.83. The van der Waals surface area contributed by atoms with Gasteiger partial charge in [-0.3, -0.25) is 0 Å². The lowest BCUT2D eigenvalue weighted by molar-refractivity contribution is 0.578. The summed E-state index contributed by atoms with van der Waals surface area (Å²) in [5, 5.41) is 3.09. The summed E-state index contributed by atoms with van der Waals surface area (Å²) < 4.78 is 38.7. The molecule has 0 fully saturated rings. The fourth-order valence-corrected chi connectivity index (χ4v) is 2.41. The van der Waals surface area contributed by atoms with Crippen LogP contribution < -0.4 is 10.0 Å². The van der Waals surface area contributed by atoms with Crippen molar-refractivity contribution in [1.82, 2.24) is 10.0 Å². The lowest BCUT2D eigenvalue weighted by atomic mass is 10.2. The van der Waals surface area contributed by atoms with Crippen molar-refractivity contribution in [3.8, 4) is 0 Å². The van der Waals surface area contributed by atoms with Gasteiger partial charge in [0.1, 0.15) is 5.82 Å². The van der Waals surface area contributed by atoms with E-state index in [1.54, 1.807) is 0 Å². The van der Waals surface area contributed by atoms with E-state index in [-0.39, 0.29) is 4.90 Å². The van der Waals surface area contributed by atoms with E-state index < -0.39 is 15.8 Å². The Kier molecular flexibility index (Phi) is 5.04. The fraction of sp³-hybridized carbons (Fsp3) is 0.455. The second-order valence-electron chi connectivity index (χ2n) is 3.64. The molecule has 0 aliphatic carbocycles. The molecular formula is C11H17FN2O2S. The smallest absolute Gasteiger partial charge is 0.240 e. The normalized spacial score (nSPS) is 11.7. The minimum atomic E-state index is -3.62. The summed E-state index contributed by atoms with van der Waals surface area (Å²) in [6, 6.07) is 3.79. The quantitative estimate of drug-likeness (QED) is 0.756. The zero-order valence-electron chi connectivity index (χ0n) is 9.96. The molecule has 4 nitrogen and oxygen atoms in total. The van der Waals surface area contributed by atoms with Crippen LogP contribution >= 0.6 is 0 Å². The molecular weight excluding hydrogens is 243 g/mol. The number of sulfonamides is 1. The molecule has 96 valence electrons. The molecule has 2 N–H and O–H groups in total. The number of halogens is 1. The van der Waals surface area contributed by atoms with Crippen molar-refractivity contribution >= 4 is 10.0 Å². The summed E-state index contributed by atoms with van der Waals surface area (Å²) in [7, 11) is -2.31. The second kappa shape index (κ2) is 6.09. The van der Waals surface area contributed by atoms with Gasteiger partial charge < -0.3 is 5.32 Å². The van der Waals surface area contributed by atoms with Crippen LogP contribution in [0.3, 0.4) is 0 Å². The minimum absolute atomic E-state index is 0.0106. The lowest BCUT2D eigenvalue weighted by Gasteiger charge is -2.10. The highest BCUT2D eigenvalue weighted by atomic mass is 32.2. The maximum absolute atomic E-state index is 13.1. The van der Waals surface area contributed by atoms with Gasteiger partial charge in [-0.25, -0.2) is 17.5 Å². The van der Waals surface area contributed by atoms with Gasteiger partial charge in [-0.15, -0.1) is 0 Å². The molecule has 17 heavy (non-hydrogen) atoms. The first kappa shape index (κ1) is 14.1. The Balaban J connectivity index is 3.04. The zero-order valence-corrected chi connectivity index (χ0v) is 10.8. The molecule has 1 aromatic carbocycles. The maximum atomic E-state index is 13.1. The Hall–Kier alpha value is -0.980. The van der Waals surface area contributed by atoms with Gasteiger partial charge >= 0.3 is 0 Å². The average molecular weight is 260 g/mol. The number of rotatable bonds is 6. The van der Waals surface area contributed by atoms with E-state index in [9.17, 15) is 12.8 Å². The summed E-state index contributed by atoms with van der Waals surface area (Å²) in [6.45, 7) is 3.21. The van der Waals surface area contributed by atoms with Crippen LogP contribution in [0.15, 0.2) is 23.1 Å². The fourth-order valence-electron chi connectivity index (χ4n) is 1.43. The van der Waals surface area contributed by atoms with Crippen LogP contribution in [0, 0.1) is 5.82 Å². The van der Waals surface area contributed by atoms with E-state index in [4.69, 9.17) is 0 Å². The molecule has 0 aromatic heterocycles. The molecule has 1 aromatic rings. The van der Waals surface area contributed by atoms with Crippen molar-refractivity contribution < 1.29 is 12.8 Å². The van der Waals surface area contributed by atoms with Gasteiger partial charge in [0, 0.05) is 6.54 Å². The topological polar surface area (TPSA) is 58.2 Å². The van der Waals surface area contributed by atoms with Crippen LogP contribution in [0.2, 0.25) is 0 Å². The molecule has 0 spiro atoms. The Morgan fingerprint density at radius 1 is 1.35 bits per heavy atom. The number of benzene rings is 1. The molecule has 1 rings (SSSR count). The third-order valence-electron chi connectivity index (χ3n) is 2.33. The van der Waals surface area contributed by atoms with E-state index in [1.807, 2.05) is 6.92 Å². The van der Waals surface area contributed by atoms with Crippen LogP contribution in [-0.2, 0) is 16.6 Å². The first-order valence-electron chi connectivity index (χ1n) is 5.44. The SMILES string of the molecule is CCCNCc1ccc(F)cc1S(=O)(=O)NC. The monoisotopic (exact) mass is 260 g/mol. The molecule has 0 unspecified atom stereocenters.